The minimum atomic E-state index is -0.621. The first kappa shape index (κ1) is 12.4. The molecule has 0 atom stereocenters. The van der Waals surface area contributed by atoms with E-state index < -0.39 is 5.60 Å². The minimum Gasteiger partial charge on any atom is -0.506 e. The molecule has 6 nitrogen and oxygen atoms in total. The standard InChI is InChI=1S/C12H15N3O3/c1-12(2,17-3)11-14-10(18-15-11)7-4-5-9(16)8(13)6-7/h4-6,16H,13H2,1-3H3. The Morgan fingerprint density at radius 3 is 2.72 bits per heavy atom. The average Bonchev–Trinajstić information content (AvgIpc) is 2.83. The SMILES string of the molecule is COC(C)(C)c1noc(-c2ccc(O)c(N)c2)n1. The van der Waals surface area contributed by atoms with E-state index in [1.54, 1.807) is 19.2 Å². The number of aromatic hydroxyl groups is 1. The van der Waals surface area contributed by atoms with Crippen molar-refractivity contribution in [3.05, 3.63) is 24.0 Å². The number of methoxy groups -OCH3 is 1. The van der Waals surface area contributed by atoms with Crippen molar-refractivity contribution in [3.63, 3.8) is 0 Å². The van der Waals surface area contributed by atoms with Crippen molar-refractivity contribution in [1.29, 1.82) is 0 Å². The maximum atomic E-state index is 9.35. The molecule has 3 N–H and O–H groups in total. The molecule has 0 bridgehead atoms. The average molecular weight is 249 g/mol. The van der Waals surface area contributed by atoms with Gasteiger partial charge < -0.3 is 20.1 Å². The molecular formula is C12H15N3O3. The fraction of sp³-hybridized carbons (Fsp3) is 0.333. The summed E-state index contributed by atoms with van der Waals surface area (Å²) in [5.74, 6) is 0.809. The van der Waals surface area contributed by atoms with Crippen LogP contribution in [-0.4, -0.2) is 22.4 Å². The molecule has 0 aliphatic heterocycles. The number of anilines is 1. The van der Waals surface area contributed by atoms with Crippen molar-refractivity contribution < 1.29 is 14.4 Å². The molecule has 0 spiro atoms. The van der Waals surface area contributed by atoms with Crippen molar-refractivity contribution >= 4 is 5.69 Å². The van der Waals surface area contributed by atoms with Gasteiger partial charge in [0.25, 0.3) is 5.89 Å². The summed E-state index contributed by atoms with van der Waals surface area (Å²) >= 11 is 0. The maximum Gasteiger partial charge on any atom is 0.258 e. The van der Waals surface area contributed by atoms with Gasteiger partial charge in [-0.05, 0) is 32.0 Å². The number of hydrogen-bond acceptors (Lipinski definition) is 6. The largest absolute Gasteiger partial charge is 0.506 e. The highest BCUT2D eigenvalue weighted by Gasteiger charge is 2.26. The predicted molar refractivity (Wildman–Crippen MR) is 65.8 cm³/mol. The predicted octanol–water partition coefficient (Wildman–Crippen LogP) is 1.91. The third kappa shape index (κ3) is 2.14. The summed E-state index contributed by atoms with van der Waals surface area (Å²) in [6, 6.07) is 4.71. The Bertz CT molecular complexity index is 563. The van der Waals surface area contributed by atoms with Gasteiger partial charge in [-0.1, -0.05) is 5.16 Å². The van der Waals surface area contributed by atoms with Crippen molar-refractivity contribution in [2.24, 2.45) is 0 Å². The van der Waals surface area contributed by atoms with Gasteiger partial charge in [-0.3, -0.25) is 0 Å². The second-order valence-corrected chi connectivity index (χ2v) is 4.41. The maximum absolute atomic E-state index is 9.35. The monoisotopic (exact) mass is 249 g/mol. The molecule has 0 amide bonds. The molecule has 0 saturated carbocycles. The molecule has 1 aromatic heterocycles. The number of hydrogen-bond donors (Lipinski definition) is 2. The molecule has 18 heavy (non-hydrogen) atoms. The van der Waals surface area contributed by atoms with E-state index in [1.165, 1.54) is 6.07 Å². The van der Waals surface area contributed by atoms with Crippen LogP contribution in [0.5, 0.6) is 5.75 Å². The van der Waals surface area contributed by atoms with Gasteiger partial charge in [0.1, 0.15) is 11.4 Å². The van der Waals surface area contributed by atoms with Gasteiger partial charge in [-0.15, -0.1) is 0 Å². The van der Waals surface area contributed by atoms with Gasteiger partial charge >= 0.3 is 0 Å². The van der Waals surface area contributed by atoms with Crippen LogP contribution in [0.25, 0.3) is 11.5 Å². The summed E-state index contributed by atoms with van der Waals surface area (Å²) in [5.41, 5.74) is 5.90. The number of ether oxygens (including phenoxy) is 1. The Labute approximate surface area is 104 Å². The Balaban J connectivity index is 2.38. The zero-order valence-electron chi connectivity index (χ0n) is 10.5. The molecule has 2 aromatic rings. The van der Waals surface area contributed by atoms with Gasteiger partial charge in [-0.2, -0.15) is 4.98 Å². The van der Waals surface area contributed by atoms with Crippen LogP contribution in [-0.2, 0) is 10.3 Å². The van der Waals surface area contributed by atoms with Crippen molar-refractivity contribution in [2.45, 2.75) is 19.4 Å². The lowest BCUT2D eigenvalue weighted by Gasteiger charge is -2.17. The van der Waals surface area contributed by atoms with Crippen LogP contribution in [0.4, 0.5) is 5.69 Å². The van der Waals surface area contributed by atoms with E-state index >= 15 is 0 Å². The Morgan fingerprint density at radius 2 is 2.11 bits per heavy atom. The second-order valence-electron chi connectivity index (χ2n) is 4.41. The number of nitrogen functional groups attached to an aromatic ring is 1. The van der Waals surface area contributed by atoms with Crippen LogP contribution in [0, 0.1) is 0 Å². The molecular weight excluding hydrogens is 234 g/mol. The molecule has 0 radical (unpaired) electrons. The quantitative estimate of drug-likeness (QED) is 0.637. The van der Waals surface area contributed by atoms with Crippen molar-refractivity contribution in [2.75, 3.05) is 12.8 Å². The van der Waals surface area contributed by atoms with Crippen LogP contribution in [0.2, 0.25) is 0 Å². The first-order valence-electron chi connectivity index (χ1n) is 5.42. The van der Waals surface area contributed by atoms with Gasteiger partial charge in [0, 0.05) is 12.7 Å². The number of nitrogens with zero attached hydrogens (tertiary/aromatic N) is 2. The van der Waals surface area contributed by atoms with Gasteiger partial charge in [0.2, 0.25) is 5.82 Å². The fourth-order valence-electron chi connectivity index (χ4n) is 1.36. The summed E-state index contributed by atoms with van der Waals surface area (Å²) in [5, 5.41) is 13.2. The molecule has 0 aliphatic rings. The number of phenols is 1. The summed E-state index contributed by atoms with van der Waals surface area (Å²) in [7, 11) is 1.58. The van der Waals surface area contributed by atoms with Crippen LogP contribution in [0.15, 0.2) is 22.7 Å². The molecule has 0 fully saturated rings. The topological polar surface area (TPSA) is 94.4 Å². The molecule has 0 saturated heterocycles. The highest BCUT2D eigenvalue weighted by Crippen LogP contribution is 2.28. The van der Waals surface area contributed by atoms with E-state index in [-0.39, 0.29) is 11.4 Å². The van der Waals surface area contributed by atoms with Crippen LogP contribution < -0.4 is 5.73 Å². The lowest BCUT2D eigenvalue weighted by Crippen LogP contribution is -2.21. The molecule has 1 aromatic carbocycles. The molecule has 1 heterocycles. The molecule has 2 rings (SSSR count). The summed E-state index contributed by atoms with van der Waals surface area (Å²) in [4.78, 5) is 4.25. The van der Waals surface area contributed by atoms with Crippen LogP contribution in [0.3, 0.4) is 0 Å². The number of phenolic OH excluding ortho intramolecular Hbond substituents is 1. The summed E-state index contributed by atoms with van der Waals surface area (Å²) in [6.45, 7) is 3.68. The smallest absolute Gasteiger partial charge is 0.258 e. The third-order valence-corrected chi connectivity index (χ3v) is 2.75. The van der Waals surface area contributed by atoms with Gasteiger partial charge in [0.05, 0.1) is 5.69 Å². The molecule has 6 heteroatoms. The van der Waals surface area contributed by atoms with E-state index in [2.05, 4.69) is 10.1 Å². The molecule has 0 unspecified atom stereocenters. The van der Waals surface area contributed by atoms with E-state index in [4.69, 9.17) is 15.0 Å². The van der Waals surface area contributed by atoms with Crippen molar-refractivity contribution in [3.8, 4) is 17.2 Å². The second kappa shape index (κ2) is 4.30. The van der Waals surface area contributed by atoms with Crippen LogP contribution >= 0.6 is 0 Å². The summed E-state index contributed by atoms with van der Waals surface area (Å²) in [6.07, 6.45) is 0. The van der Waals surface area contributed by atoms with Gasteiger partial charge in [-0.25, -0.2) is 0 Å². The Kier molecular flexibility index (Phi) is 2.96. The highest BCUT2D eigenvalue weighted by molar-refractivity contribution is 5.64. The zero-order valence-corrected chi connectivity index (χ0v) is 10.5. The fourth-order valence-corrected chi connectivity index (χ4v) is 1.36. The van der Waals surface area contributed by atoms with Crippen LogP contribution in [0.1, 0.15) is 19.7 Å². The van der Waals surface area contributed by atoms with E-state index in [1.807, 2.05) is 13.8 Å². The first-order chi connectivity index (χ1) is 8.44. The van der Waals surface area contributed by atoms with E-state index in [0.29, 0.717) is 17.3 Å². The Morgan fingerprint density at radius 1 is 1.39 bits per heavy atom. The number of nitrogens with two attached hydrogens (primary N) is 1. The number of benzene rings is 1. The lowest BCUT2D eigenvalue weighted by atomic mass is 10.1. The number of aromatic nitrogens is 2. The minimum absolute atomic E-state index is 0.0238. The first-order valence-corrected chi connectivity index (χ1v) is 5.42. The number of rotatable bonds is 3. The lowest BCUT2D eigenvalue weighted by molar-refractivity contribution is 0.00973. The normalized spacial score (nSPS) is 11.7. The third-order valence-electron chi connectivity index (χ3n) is 2.75. The Hall–Kier alpha value is -2.08. The molecule has 0 aliphatic carbocycles. The van der Waals surface area contributed by atoms with Crippen molar-refractivity contribution in [1.82, 2.24) is 10.1 Å². The summed E-state index contributed by atoms with van der Waals surface area (Å²) < 4.78 is 10.4. The van der Waals surface area contributed by atoms with Gasteiger partial charge in [0.15, 0.2) is 0 Å². The zero-order chi connectivity index (χ0) is 13.3. The van der Waals surface area contributed by atoms with E-state index in [0.717, 1.165) is 0 Å². The highest BCUT2D eigenvalue weighted by atomic mass is 16.5. The van der Waals surface area contributed by atoms with E-state index in [9.17, 15) is 5.11 Å². The molecule has 96 valence electrons.